The summed E-state index contributed by atoms with van der Waals surface area (Å²) < 4.78 is 0. The zero-order valence-electron chi connectivity index (χ0n) is 12.7. The van der Waals surface area contributed by atoms with E-state index < -0.39 is 5.97 Å². The molecule has 1 saturated heterocycles. The van der Waals surface area contributed by atoms with E-state index in [1.807, 2.05) is 6.07 Å². The zero-order valence-corrected chi connectivity index (χ0v) is 12.7. The van der Waals surface area contributed by atoms with Crippen molar-refractivity contribution in [3.63, 3.8) is 0 Å². The van der Waals surface area contributed by atoms with Crippen LogP contribution in [-0.4, -0.2) is 59.7 Å². The standard InChI is InChI=1S/C15H19N5O3/c16-10-12-3-4-13(18-11-12)19-6-8-20(9-7-19)15(23)17-5-1-2-14(21)22/h3-4,11H,1-2,5-9H2,(H,17,23)(H,21,22). The molecule has 2 amide bonds. The van der Waals surface area contributed by atoms with Crippen molar-refractivity contribution < 1.29 is 14.7 Å². The van der Waals surface area contributed by atoms with Crippen LogP contribution >= 0.6 is 0 Å². The Morgan fingerprint density at radius 3 is 2.61 bits per heavy atom. The average molecular weight is 317 g/mol. The highest BCUT2D eigenvalue weighted by Crippen LogP contribution is 2.13. The Bertz CT molecular complexity index is 588. The lowest BCUT2D eigenvalue weighted by molar-refractivity contribution is -0.137. The number of hydrogen-bond donors (Lipinski definition) is 2. The molecule has 0 spiro atoms. The van der Waals surface area contributed by atoms with Crippen LogP contribution in [0.3, 0.4) is 0 Å². The van der Waals surface area contributed by atoms with Gasteiger partial charge in [-0.15, -0.1) is 0 Å². The molecule has 1 aromatic heterocycles. The van der Waals surface area contributed by atoms with E-state index in [0.717, 1.165) is 5.82 Å². The molecule has 0 radical (unpaired) electrons. The Kier molecular flexibility index (Phi) is 5.74. The first-order chi connectivity index (χ1) is 11.1. The van der Waals surface area contributed by atoms with Crippen molar-refractivity contribution in [2.24, 2.45) is 0 Å². The van der Waals surface area contributed by atoms with Crippen LogP contribution in [0.15, 0.2) is 18.3 Å². The number of pyridine rings is 1. The second-order valence-corrected chi connectivity index (χ2v) is 5.22. The molecule has 8 nitrogen and oxygen atoms in total. The number of aromatic nitrogens is 1. The molecule has 23 heavy (non-hydrogen) atoms. The molecule has 0 atom stereocenters. The Labute approximate surface area is 134 Å². The van der Waals surface area contributed by atoms with Gasteiger partial charge in [0, 0.05) is 45.3 Å². The van der Waals surface area contributed by atoms with Gasteiger partial charge in [0.2, 0.25) is 0 Å². The number of nitrogens with one attached hydrogen (secondary N) is 1. The number of carboxylic acids is 1. The van der Waals surface area contributed by atoms with Gasteiger partial charge >= 0.3 is 12.0 Å². The van der Waals surface area contributed by atoms with Crippen LogP contribution in [0.1, 0.15) is 18.4 Å². The summed E-state index contributed by atoms with van der Waals surface area (Å²) in [6.45, 7) is 2.85. The molecule has 0 saturated carbocycles. The van der Waals surface area contributed by atoms with Crippen molar-refractivity contribution in [1.82, 2.24) is 15.2 Å². The first kappa shape index (κ1) is 16.5. The van der Waals surface area contributed by atoms with E-state index in [1.165, 1.54) is 6.20 Å². The van der Waals surface area contributed by atoms with Crippen LogP contribution in [0.5, 0.6) is 0 Å². The maximum atomic E-state index is 12.0. The lowest BCUT2D eigenvalue weighted by Crippen LogP contribution is -2.52. The fraction of sp³-hybridized carbons (Fsp3) is 0.467. The maximum absolute atomic E-state index is 12.0. The molecule has 1 aliphatic heterocycles. The lowest BCUT2D eigenvalue weighted by atomic mass is 10.2. The highest BCUT2D eigenvalue weighted by molar-refractivity contribution is 5.74. The van der Waals surface area contributed by atoms with Gasteiger partial charge in [0.05, 0.1) is 5.56 Å². The molecule has 0 bridgehead atoms. The molecule has 0 aliphatic carbocycles. The minimum absolute atomic E-state index is 0.0540. The zero-order chi connectivity index (χ0) is 16.7. The fourth-order valence-electron chi connectivity index (χ4n) is 2.32. The summed E-state index contributed by atoms with van der Waals surface area (Å²) in [6.07, 6.45) is 2.02. The van der Waals surface area contributed by atoms with Gasteiger partial charge in [-0.05, 0) is 18.6 Å². The number of carbonyl (C=O) groups excluding carboxylic acids is 1. The molecular formula is C15H19N5O3. The molecule has 8 heteroatoms. The third kappa shape index (κ3) is 4.85. The predicted molar refractivity (Wildman–Crippen MR) is 83.0 cm³/mol. The minimum Gasteiger partial charge on any atom is -0.481 e. The lowest BCUT2D eigenvalue weighted by Gasteiger charge is -2.35. The van der Waals surface area contributed by atoms with Gasteiger partial charge < -0.3 is 20.2 Å². The fourth-order valence-corrected chi connectivity index (χ4v) is 2.32. The average Bonchev–Trinajstić information content (AvgIpc) is 2.58. The summed E-state index contributed by atoms with van der Waals surface area (Å²) >= 11 is 0. The second kappa shape index (κ2) is 7.98. The van der Waals surface area contributed by atoms with Gasteiger partial charge in [-0.25, -0.2) is 9.78 Å². The summed E-state index contributed by atoms with van der Waals surface area (Å²) in [7, 11) is 0. The number of nitrogens with zero attached hydrogens (tertiary/aromatic N) is 4. The minimum atomic E-state index is -0.859. The molecular weight excluding hydrogens is 298 g/mol. The van der Waals surface area contributed by atoms with Gasteiger partial charge in [-0.3, -0.25) is 4.79 Å². The number of hydrogen-bond acceptors (Lipinski definition) is 5. The van der Waals surface area contributed by atoms with Crippen LogP contribution in [0.25, 0.3) is 0 Å². The van der Waals surface area contributed by atoms with Crippen LogP contribution < -0.4 is 10.2 Å². The molecule has 1 aliphatic rings. The molecule has 2 rings (SSSR count). The van der Waals surface area contributed by atoms with Crippen LogP contribution in [0.4, 0.5) is 10.6 Å². The topological polar surface area (TPSA) is 110 Å². The van der Waals surface area contributed by atoms with E-state index >= 15 is 0 Å². The van der Waals surface area contributed by atoms with Crippen LogP contribution in [-0.2, 0) is 4.79 Å². The number of amides is 2. The number of carboxylic acid groups (broad SMARTS) is 1. The largest absolute Gasteiger partial charge is 0.481 e. The monoisotopic (exact) mass is 317 g/mol. The summed E-state index contributed by atoms with van der Waals surface area (Å²) in [5, 5.41) is 20.0. The number of aliphatic carboxylic acids is 1. The summed E-state index contributed by atoms with van der Waals surface area (Å²) in [4.78, 5) is 30.4. The second-order valence-electron chi connectivity index (χ2n) is 5.22. The highest BCUT2D eigenvalue weighted by atomic mass is 16.4. The van der Waals surface area contributed by atoms with E-state index in [-0.39, 0.29) is 12.5 Å². The Morgan fingerprint density at radius 1 is 1.30 bits per heavy atom. The van der Waals surface area contributed by atoms with E-state index in [4.69, 9.17) is 10.4 Å². The normalized spacial score (nSPS) is 14.2. The Morgan fingerprint density at radius 2 is 2.04 bits per heavy atom. The van der Waals surface area contributed by atoms with Crippen LogP contribution in [0, 0.1) is 11.3 Å². The third-order valence-electron chi connectivity index (χ3n) is 3.61. The molecule has 122 valence electrons. The number of piperazine rings is 1. The summed E-state index contributed by atoms with van der Waals surface area (Å²) in [5.74, 6) is -0.0618. The Hall–Kier alpha value is -2.82. The van der Waals surface area contributed by atoms with Crippen molar-refractivity contribution in [1.29, 1.82) is 5.26 Å². The smallest absolute Gasteiger partial charge is 0.317 e. The van der Waals surface area contributed by atoms with Crippen molar-refractivity contribution >= 4 is 17.8 Å². The third-order valence-corrected chi connectivity index (χ3v) is 3.61. The van der Waals surface area contributed by atoms with Gasteiger partial charge in [-0.1, -0.05) is 0 Å². The number of nitriles is 1. The first-order valence-corrected chi connectivity index (χ1v) is 7.46. The van der Waals surface area contributed by atoms with Crippen molar-refractivity contribution in [3.8, 4) is 6.07 Å². The number of anilines is 1. The van der Waals surface area contributed by atoms with Crippen molar-refractivity contribution in [2.45, 2.75) is 12.8 Å². The molecule has 0 unspecified atom stereocenters. The van der Waals surface area contributed by atoms with Crippen molar-refractivity contribution in [3.05, 3.63) is 23.9 Å². The highest BCUT2D eigenvalue weighted by Gasteiger charge is 2.21. The van der Waals surface area contributed by atoms with Crippen molar-refractivity contribution in [2.75, 3.05) is 37.6 Å². The SMILES string of the molecule is N#Cc1ccc(N2CCN(C(=O)NCCCC(=O)O)CC2)nc1. The molecule has 1 aromatic rings. The number of carbonyl (C=O) groups is 2. The van der Waals surface area contributed by atoms with E-state index in [9.17, 15) is 9.59 Å². The first-order valence-electron chi connectivity index (χ1n) is 7.46. The predicted octanol–water partition coefficient (Wildman–Crippen LogP) is 0.650. The van der Waals surface area contributed by atoms with Gasteiger partial charge in [-0.2, -0.15) is 5.26 Å². The molecule has 2 heterocycles. The summed E-state index contributed by atoms with van der Waals surface area (Å²) in [6, 6.07) is 5.40. The summed E-state index contributed by atoms with van der Waals surface area (Å²) in [5.41, 5.74) is 0.521. The van der Waals surface area contributed by atoms with Gasteiger partial charge in [0.25, 0.3) is 0 Å². The van der Waals surface area contributed by atoms with Crippen LogP contribution in [0.2, 0.25) is 0 Å². The molecule has 2 N–H and O–H groups in total. The maximum Gasteiger partial charge on any atom is 0.317 e. The molecule has 1 fully saturated rings. The quantitative estimate of drug-likeness (QED) is 0.772. The number of rotatable bonds is 5. The van der Waals surface area contributed by atoms with Gasteiger partial charge in [0.1, 0.15) is 11.9 Å². The van der Waals surface area contributed by atoms with E-state index in [0.29, 0.717) is 44.7 Å². The molecule has 0 aromatic carbocycles. The van der Waals surface area contributed by atoms with E-state index in [2.05, 4.69) is 15.2 Å². The Balaban J connectivity index is 1.75. The van der Waals surface area contributed by atoms with Gasteiger partial charge in [0.15, 0.2) is 0 Å². The number of urea groups is 1. The van der Waals surface area contributed by atoms with E-state index in [1.54, 1.807) is 17.0 Å².